The van der Waals surface area contributed by atoms with Gasteiger partial charge in [-0.3, -0.25) is 0 Å². The van der Waals surface area contributed by atoms with Crippen LogP contribution in [0.2, 0.25) is 5.02 Å². The maximum atomic E-state index is 5.95. The van der Waals surface area contributed by atoms with Crippen LogP contribution in [0, 0.1) is 6.42 Å². The second kappa shape index (κ2) is 4.28. The van der Waals surface area contributed by atoms with E-state index >= 15 is 0 Å². The third-order valence-electron chi connectivity index (χ3n) is 2.68. The molecule has 1 radical (unpaired) electrons. The SMILES string of the molecule is CC[CH]C(C)c1cc2cc(Cl)ccc2[nH]1. The van der Waals surface area contributed by atoms with Crippen LogP contribution in [0.4, 0.5) is 0 Å². The van der Waals surface area contributed by atoms with Crippen molar-refractivity contribution in [2.75, 3.05) is 0 Å². The summed E-state index contributed by atoms with van der Waals surface area (Å²) in [6.07, 6.45) is 3.39. The zero-order valence-corrected chi connectivity index (χ0v) is 9.81. The summed E-state index contributed by atoms with van der Waals surface area (Å²) in [7, 11) is 0. The Kier molecular flexibility index (Phi) is 3.01. The summed E-state index contributed by atoms with van der Waals surface area (Å²) in [5.74, 6) is 0.473. The van der Waals surface area contributed by atoms with Crippen LogP contribution < -0.4 is 0 Å². The van der Waals surface area contributed by atoms with Crippen molar-refractivity contribution in [2.45, 2.75) is 26.2 Å². The van der Waals surface area contributed by atoms with Crippen molar-refractivity contribution in [3.63, 3.8) is 0 Å². The van der Waals surface area contributed by atoms with E-state index in [0.717, 1.165) is 17.0 Å². The minimum atomic E-state index is 0.473. The topological polar surface area (TPSA) is 15.8 Å². The molecule has 0 aliphatic heterocycles. The third kappa shape index (κ3) is 2.18. The predicted molar refractivity (Wildman–Crippen MR) is 66.3 cm³/mol. The van der Waals surface area contributed by atoms with Gasteiger partial charge in [-0.05, 0) is 36.6 Å². The molecule has 1 N–H and O–H groups in total. The van der Waals surface area contributed by atoms with Crippen LogP contribution >= 0.6 is 11.6 Å². The maximum Gasteiger partial charge on any atom is 0.0457 e. The minimum Gasteiger partial charge on any atom is -0.358 e. The summed E-state index contributed by atoms with van der Waals surface area (Å²) in [5, 5.41) is 1.98. The molecule has 1 heterocycles. The molecule has 1 nitrogen and oxygen atoms in total. The number of aromatic nitrogens is 1. The van der Waals surface area contributed by atoms with E-state index < -0.39 is 0 Å². The molecule has 2 aromatic rings. The molecule has 0 spiro atoms. The lowest BCUT2D eigenvalue weighted by molar-refractivity contribution is 0.808. The summed E-state index contributed by atoms with van der Waals surface area (Å²) in [4.78, 5) is 3.42. The third-order valence-corrected chi connectivity index (χ3v) is 2.92. The van der Waals surface area contributed by atoms with Crippen LogP contribution in [-0.4, -0.2) is 4.98 Å². The van der Waals surface area contributed by atoms with Crippen molar-refractivity contribution in [1.29, 1.82) is 0 Å². The summed E-state index contributed by atoms with van der Waals surface area (Å²) in [6.45, 7) is 4.37. The van der Waals surface area contributed by atoms with E-state index in [9.17, 15) is 0 Å². The molecule has 0 aliphatic rings. The Morgan fingerprint density at radius 2 is 2.20 bits per heavy atom. The van der Waals surface area contributed by atoms with Crippen LogP contribution in [-0.2, 0) is 0 Å². The van der Waals surface area contributed by atoms with E-state index in [2.05, 4.69) is 31.3 Å². The van der Waals surface area contributed by atoms with Gasteiger partial charge in [-0.1, -0.05) is 31.9 Å². The van der Waals surface area contributed by atoms with Gasteiger partial charge in [0.2, 0.25) is 0 Å². The Labute approximate surface area is 95.5 Å². The molecule has 0 bridgehead atoms. The molecule has 1 aromatic carbocycles. The molecular weight excluding hydrogens is 206 g/mol. The summed E-state index contributed by atoms with van der Waals surface area (Å²) in [6, 6.07) is 8.12. The zero-order chi connectivity index (χ0) is 10.8. The first-order valence-corrected chi connectivity index (χ1v) is 5.70. The van der Waals surface area contributed by atoms with Gasteiger partial charge in [0.15, 0.2) is 0 Å². The number of hydrogen-bond acceptors (Lipinski definition) is 0. The van der Waals surface area contributed by atoms with Crippen LogP contribution in [0.15, 0.2) is 24.3 Å². The molecule has 0 aliphatic carbocycles. The smallest absolute Gasteiger partial charge is 0.0457 e. The number of rotatable bonds is 3. The van der Waals surface area contributed by atoms with Crippen molar-refractivity contribution in [3.05, 3.63) is 41.4 Å². The molecule has 79 valence electrons. The summed E-state index contributed by atoms with van der Waals surface area (Å²) in [5.41, 5.74) is 2.42. The highest BCUT2D eigenvalue weighted by molar-refractivity contribution is 6.31. The van der Waals surface area contributed by atoms with E-state index in [0.29, 0.717) is 5.92 Å². The molecule has 1 aromatic heterocycles. The Bertz CT molecular complexity index is 459. The number of H-pyrrole nitrogens is 1. The van der Waals surface area contributed by atoms with Crippen molar-refractivity contribution in [3.8, 4) is 0 Å². The first kappa shape index (κ1) is 10.6. The van der Waals surface area contributed by atoms with Crippen LogP contribution in [0.1, 0.15) is 31.9 Å². The highest BCUT2D eigenvalue weighted by Gasteiger charge is 2.08. The normalized spacial score (nSPS) is 13.3. The average molecular weight is 221 g/mol. The lowest BCUT2D eigenvalue weighted by Crippen LogP contribution is -1.92. The van der Waals surface area contributed by atoms with E-state index in [1.54, 1.807) is 0 Å². The Morgan fingerprint density at radius 1 is 1.40 bits per heavy atom. The molecule has 0 fully saturated rings. The number of fused-ring (bicyclic) bond motifs is 1. The molecule has 0 saturated carbocycles. The monoisotopic (exact) mass is 220 g/mol. The zero-order valence-electron chi connectivity index (χ0n) is 9.05. The second-order valence-corrected chi connectivity index (χ2v) is 4.33. The van der Waals surface area contributed by atoms with Crippen LogP contribution in [0.5, 0.6) is 0 Å². The van der Waals surface area contributed by atoms with Gasteiger partial charge in [0.1, 0.15) is 0 Å². The van der Waals surface area contributed by atoms with Gasteiger partial charge in [-0.25, -0.2) is 0 Å². The molecule has 15 heavy (non-hydrogen) atoms. The van der Waals surface area contributed by atoms with E-state index in [4.69, 9.17) is 11.6 Å². The van der Waals surface area contributed by atoms with Crippen molar-refractivity contribution < 1.29 is 0 Å². The Morgan fingerprint density at radius 3 is 2.93 bits per heavy atom. The van der Waals surface area contributed by atoms with Crippen LogP contribution in [0.3, 0.4) is 0 Å². The summed E-state index contributed by atoms with van der Waals surface area (Å²) < 4.78 is 0. The molecule has 1 unspecified atom stereocenters. The van der Waals surface area contributed by atoms with Crippen molar-refractivity contribution >= 4 is 22.5 Å². The van der Waals surface area contributed by atoms with E-state index in [-0.39, 0.29) is 0 Å². The second-order valence-electron chi connectivity index (χ2n) is 3.89. The van der Waals surface area contributed by atoms with Gasteiger partial charge in [0.25, 0.3) is 0 Å². The fourth-order valence-corrected chi connectivity index (χ4v) is 2.03. The predicted octanol–water partition coefficient (Wildman–Crippen LogP) is 4.54. The number of nitrogens with one attached hydrogen (secondary N) is 1. The highest BCUT2D eigenvalue weighted by atomic mass is 35.5. The quantitative estimate of drug-likeness (QED) is 0.782. The van der Waals surface area contributed by atoms with Gasteiger partial charge < -0.3 is 4.98 Å². The van der Waals surface area contributed by atoms with Crippen LogP contribution in [0.25, 0.3) is 10.9 Å². The van der Waals surface area contributed by atoms with E-state index in [1.165, 1.54) is 11.1 Å². The minimum absolute atomic E-state index is 0.473. The first-order chi connectivity index (χ1) is 7.20. The lowest BCUT2D eigenvalue weighted by Gasteiger charge is -2.05. The lowest BCUT2D eigenvalue weighted by atomic mass is 10.0. The fraction of sp³-hybridized carbons (Fsp3) is 0.308. The van der Waals surface area contributed by atoms with E-state index in [1.807, 2.05) is 18.2 Å². The fourth-order valence-electron chi connectivity index (χ4n) is 1.85. The van der Waals surface area contributed by atoms with Gasteiger partial charge in [0, 0.05) is 21.6 Å². The molecule has 0 saturated heterocycles. The Balaban J connectivity index is 2.38. The Hall–Kier alpha value is -0.950. The largest absolute Gasteiger partial charge is 0.358 e. The molecule has 2 rings (SSSR count). The maximum absolute atomic E-state index is 5.95. The average Bonchev–Trinajstić information content (AvgIpc) is 2.60. The molecule has 2 heteroatoms. The van der Waals surface area contributed by atoms with Gasteiger partial charge in [-0.2, -0.15) is 0 Å². The number of aromatic amines is 1. The van der Waals surface area contributed by atoms with Crippen molar-refractivity contribution in [2.24, 2.45) is 0 Å². The van der Waals surface area contributed by atoms with Crippen molar-refractivity contribution in [1.82, 2.24) is 4.98 Å². The molecule has 1 atom stereocenters. The molecule has 0 amide bonds. The van der Waals surface area contributed by atoms with Gasteiger partial charge in [-0.15, -0.1) is 0 Å². The van der Waals surface area contributed by atoms with Gasteiger partial charge >= 0.3 is 0 Å². The number of halogens is 1. The first-order valence-electron chi connectivity index (χ1n) is 5.32. The highest BCUT2D eigenvalue weighted by Crippen LogP contribution is 2.25. The molecular formula is C13H15ClN. The van der Waals surface area contributed by atoms with Gasteiger partial charge in [0.05, 0.1) is 0 Å². The number of hydrogen-bond donors (Lipinski definition) is 1. The summed E-state index contributed by atoms with van der Waals surface area (Å²) >= 11 is 5.95. The number of benzene rings is 1. The standard InChI is InChI=1S/C13H15ClN/c1-3-4-9(2)13-8-10-7-11(14)5-6-12(10)15-13/h4-9,15H,3H2,1-2H3.